The van der Waals surface area contributed by atoms with Gasteiger partial charge in [-0.05, 0) is 49.7 Å². The number of fused-ring (bicyclic) bond motifs is 2. The second-order valence-corrected chi connectivity index (χ2v) is 8.26. The predicted molar refractivity (Wildman–Crippen MR) is 86.3 cm³/mol. The summed E-state index contributed by atoms with van der Waals surface area (Å²) >= 11 is 0. The number of benzene rings is 1. The highest BCUT2D eigenvalue weighted by molar-refractivity contribution is 7.95. The van der Waals surface area contributed by atoms with Crippen LogP contribution in [0.1, 0.15) is 32.1 Å². The van der Waals surface area contributed by atoms with Crippen LogP contribution in [0.4, 0.5) is 0 Å². The van der Waals surface area contributed by atoms with Crippen LogP contribution < -0.4 is 0 Å². The molecule has 0 saturated heterocycles. The zero-order chi connectivity index (χ0) is 16.4. The molecule has 1 fully saturated rings. The number of unbranched alkanes of at least 4 members (excludes halogenated alkanes) is 1. The lowest BCUT2D eigenvalue weighted by atomic mass is 9.86. The van der Waals surface area contributed by atoms with Gasteiger partial charge in [-0.2, -0.15) is 0 Å². The molecule has 0 unspecified atom stereocenters. The zero-order valence-corrected chi connectivity index (χ0v) is 13.7. The summed E-state index contributed by atoms with van der Waals surface area (Å²) in [5, 5.41) is 0. The van der Waals surface area contributed by atoms with Crippen LogP contribution in [0.3, 0.4) is 0 Å². The first kappa shape index (κ1) is 16.1. The largest absolute Gasteiger partial charge is 0.303 e. The highest BCUT2D eigenvalue weighted by Gasteiger charge is 2.49. The summed E-state index contributed by atoms with van der Waals surface area (Å²) in [6.45, 7) is 0. The quantitative estimate of drug-likeness (QED) is 0.569. The van der Waals surface area contributed by atoms with Crippen LogP contribution in [0.2, 0.25) is 0 Å². The number of carbonyl (C=O) groups excluding carboxylic acids is 2. The minimum atomic E-state index is -3.51. The van der Waals surface area contributed by atoms with Gasteiger partial charge in [0, 0.05) is 12.3 Å². The van der Waals surface area contributed by atoms with Crippen molar-refractivity contribution in [2.45, 2.75) is 37.0 Å². The van der Waals surface area contributed by atoms with E-state index in [4.69, 9.17) is 0 Å². The van der Waals surface area contributed by atoms with Crippen LogP contribution in [0.5, 0.6) is 0 Å². The molecule has 2 bridgehead atoms. The molecule has 0 aromatic heterocycles. The van der Waals surface area contributed by atoms with Gasteiger partial charge in [-0.1, -0.05) is 23.8 Å². The molecule has 23 heavy (non-hydrogen) atoms. The molecule has 1 saturated carbocycles. The van der Waals surface area contributed by atoms with E-state index in [0.29, 0.717) is 35.5 Å². The van der Waals surface area contributed by atoms with Gasteiger partial charge in [-0.25, -0.2) is 8.42 Å². The van der Waals surface area contributed by atoms with E-state index in [0.717, 1.165) is 24.6 Å². The molecule has 3 atom stereocenters. The smallest absolute Gasteiger partial charge is 0.203 e. The number of rotatable bonds is 7. The minimum Gasteiger partial charge on any atom is -0.303 e. The number of hydrogen-bond acceptors (Lipinski definition) is 4. The maximum atomic E-state index is 13.0. The summed E-state index contributed by atoms with van der Waals surface area (Å²) in [6, 6.07) is 8.48. The third-order valence-electron chi connectivity index (χ3n) is 5.03. The number of aldehydes is 2. The Kier molecular flexibility index (Phi) is 4.48. The van der Waals surface area contributed by atoms with E-state index >= 15 is 0 Å². The lowest BCUT2D eigenvalue weighted by Gasteiger charge is -2.24. The van der Waals surface area contributed by atoms with Crippen molar-refractivity contribution in [3.63, 3.8) is 0 Å². The summed E-state index contributed by atoms with van der Waals surface area (Å²) < 4.78 is 26.1. The number of hydrogen-bond donors (Lipinski definition) is 0. The van der Waals surface area contributed by atoms with Gasteiger partial charge in [0.2, 0.25) is 9.84 Å². The fourth-order valence-corrected chi connectivity index (χ4v) is 6.08. The fourth-order valence-electron chi connectivity index (χ4n) is 4.08. The lowest BCUT2D eigenvalue weighted by Crippen LogP contribution is -2.20. The summed E-state index contributed by atoms with van der Waals surface area (Å²) in [7, 11) is -3.51. The zero-order valence-electron chi connectivity index (χ0n) is 12.9. The first-order chi connectivity index (χ1) is 11.1. The molecule has 1 aromatic rings. The van der Waals surface area contributed by atoms with Crippen molar-refractivity contribution in [2.75, 3.05) is 0 Å². The van der Waals surface area contributed by atoms with E-state index in [1.54, 1.807) is 30.3 Å². The Balaban J connectivity index is 2.02. The Hall–Kier alpha value is -1.75. The van der Waals surface area contributed by atoms with Gasteiger partial charge >= 0.3 is 0 Å². The van der Waals surface area contributed by atoms with E-state index in [9.17, 15) is 18.0 Å². The van der Waals surface area contributed by atoms with Crippen LogP contribution in [0, 0.1) is 17.8 Å². The molecule has 0 spiro atoms. The van der Waals surface area contributed by atoms with Crippen LogP contribution in [-0.2, 0) is 19.4 Å². The molecule has 122 valence electrons. The third kappa shape index (κ3) is 2.78. The van der Waals surface area contributed by atoms with Crippen LogP contribution in [0.15, 0.2) is 45.7 Å². The van der Waals surface area contributed by atoms with Gasteiger partial charge < -0.3 is 9.59 Å². The summed E-state index contributed by atoms with van der Waals surface area (Å²) in [5.74, 6) is -0.0785. The van der Waals surface area contributed by atoms with Gasteiger partial charge in [0.05, 0.1) is 9.80 Å². The molecule has 2 aliphatic carbocycles. The number of carbonyl (C=O) groups is 2. The Bertz CT molecular complexity index is 734. The van der Waals surface area contributed by atoms with Crippen LogP contribution in [-0.4, -0.2) is 21.0 Å². The first-order valence-corrected chi connectivity index (χ1v) is 9.50. The van der Waals surface area contributed by atoms with Crippen molar-refractivity contribution in [2.24, 2.45) is 17.8 Å². The first-order valence-electron chi connectivity index (χ1n) is 8.01. The van der Waals surface area contributed by atoms with Crippen LogP contribution >= 0.6 is 0 Å². The van der Waals surface area contributed by atoms with E-state index in [1.165, 1.54) is 0 Å². The molecule has 0 N–H and O–H groups in total. The lowest BCUT2D eigenvalue weighted by molar-refractivity contribution is -0.112. The maximum Gasteiger partial charge on any atom is 0.203 e. The van der Waals surface area contributed by atoms with Gasteiger partial charge in [0.15, 0.2) is 0 Å². The van der Waals surface area contributed by atoms with Crippen molar-refractivity contribution in [1.29, 1.82) is 0 Å². The van der Waals surface area contributed by atoms with E-state index in [2.05, 4.69) is 0 Å². The normalized spacial score (nSPS) is 26.5. The third-order valence-corrected chi connectivity index (χ3v) is 7.10. The van der Waals surface area contributed by atoms with E-state index in [-0.39, 0.29) is 17.8 Å². The Morgan fingerprint density at radius 2 is 1.83 bits per heavy atom. The van der Waals surface area contributed by atoms with Gasteiger partial charge in [-0.15, -0.1) is 0 Å². The molecule has 0 aliphatic heterocycles. The molecule has 0 radical (unpaired) electrons. The second kappa shape index (κ2) is 6.40. The van der Waals surface area contributed by atoms with Crippen LogP contribution in [0.25, 0.3) is 0 Å². The monoisotopic (exact) mass is 332 g/mol. The molecule has 0 amide bonds. The highest BCUT2D eigenvalue weighted by atomic mass is 32.2. The van der Waals surface area contributed by atoms with Crippen molar-refractivity contribution in [3.8, 4) is 0 Å². The molecule has 3 rings (SSSR count). The summed E-state index contributed by atoms with van der Waals surface area (Å²) in [6.07, 6.45) is 4.86. The van der Waals surface area contributed by atoms with E-state index in [1.807, 2.05) is 0 Å². The Morgan fingerprint density at radius 1 is 1.09 bits per heavy atom. The average molecular weight is 332 g/mol. The summed E-state index contributed by atoms with van der Waals surface area (Å²) in [5.41, 5.74) is 0.893. The van der Waals surface area contributed by atoms with Crippen molar-refractivity contribution < 1.29 is 18.0 Å². The SMILES string of the molecule is O=CCCCC1=C(S(=O)(=O)c2ccccc2)[C@@H]2C[C@@H](C=O)[C@H]1C2. The molecule has 4 nitrogen and oxygen atoms in total. The van der Waals surface area contributed by atoms with Crippen molar-refractivity contribution in [3.05, 3.63) is 40.8 Å². The Labute approximate surface area is 136 Å². The van der Waals surface area contributed by atoms with Gasteiger partial charge in [-0.3, -0.25) is 0 Å². The van der Waals surface area contributed by atoms with Gasteiger partial charge in [0.1, 0.15) is 12.6 Å². The van der Waals surface area contributed by atoms with Crippen molar-refractivity contribution >= 4 is 22.4 Å². The molecule has 0 heterocycles. The number of allylic oxidation sites excluding steroid dienone is 2. The molecule has 2 aliphatic rings. The predicted octanol–water partition coefficient (Wildman–Crippen LogP) is 2.94. The summed E-state index contributed by atoms with van der Waals surface area (Å²) in [4.78, 5) is 22.7. The standard InChI is InChI=1S/C18H20O4S/c19-9-5-4-8-16-17-11-13(10-14(17)12-20)18(16)23(21,22)15-6-2-1-3-7-15/h1-3,6-7,9,12-14,17H,4-5,8,10-11H2/t13-,14+,17-/m1/s1. The highest BCUT2D eigenvalue weighted by Crippen LogP contribution is 2.55. The maximum absolute atomic E-state index is 13.0. The second-order valence-electron chi connectivity index (χ2n) is 6.34. The topological polar surface area (TPSA) is 68.3 Å². The Morgan fingerprint density at radius 3 is 2.48 bits per heavy atom. The minimum absolute atomic E-state index is 0.0395. The molecular formula is C18H20O4S. The van der Waals surface area contributed by atoms with Crippen molar-refractivity contribution in [1.82, 2.24) is 0 Å². The molecular weight excluding hydrogens is 312 g/mol. The fraction of sp³-hybridized carbons (Fsp3) is 0.444. The number of sulfone groups is 1. The molecule has 1 aromatic carbocycles. The average Bonchev–Trinajstić information content (AvgIpc) is 3.14. The van der Waals surface area contributed by atoms with Gasteiger partial charge in [0.25, 0.3) is 0 Å². The molecule has 5 heteroatoms. The van der Waals surface area contributed by atoms with E-state index < -0.39 is 9.84 Å².